The molecule has 0 spiro atoms. The normalized spacial score (nSPS) is 13.3. The number of amides is 1. The van der Waals surface area contributed by atoms with Gasteiger partial charge in [-0.05, 0) is 27.2 Å². The van der Waals surface area contributed by atoms with Crippen LogP contribution in [0.4, 0.5) is 0 Å². The van der Waals surface area contributed by atoms with Crippen LogP contribution < -0.4 is 5.32 Å². The molecule has 7 nitrogen and oxygen atoms in total. The van der Waals surface area contributed by atoms with Gasteiger partial charge in [-0.3, -0.25) is 9.89 Å². The van der Waals surface area contributed by atoms with Crippen LogP contribution in [-0.4, -0.2) is 33.7 Å². The van der Waals surface area contributed by atoms with E-state index in [0.29, 0.717) is 12.2 Å². The average molecular weight is 294 g/mol. The first kappa shape index (κ1) is 16.9. The number of nitrogens with zero attached hydrogens (tertiary/aromatic N) is 2. The number of allylic oxidation sites excluding steroid dienone is 1. The second kappa shape index (κ2) is 7.56. The van der Waals surface area contributed by atoms with Gasteiger partial charge in [-0.1, -0.05) is 12.5 Å². The van der Waals surface area contributed by atoms with Gasteiger partial charge in [-0.2, -0.15) is 0 Å². The molecule has 0 aliphatic carbocycles. The molecular formula is C14H22N4O3. The molecule has 0 saturated heterocycles. The molecule has 0 aromatic carbocycles. The summed E-state index contributed by atoms with van der Waals surface area (Å²) in [5.74, 6) is -0.483. The third-order valence-corrected chi connectivity index (χ3v) is 2.83. The van der Waals surface area contributed by atoms with Crippen molar-refractivity contribution in [2.45, 2.75) is 40.2 Å². The van der Waals surface area contributed by atoms with E-state index >= 15 is 0 Å². The van der Waals surface area contributed by atoms with Gasteiger partial charge in [0.05, 0.1) is 12.6 Å². The summed E-state index contributed by atoms with van der Waals surface area (Å²) in [6.07, 6.45) is 0.628. The van der Waals surface area contributed by atoms with Gasteiger partial charge in [0.25, 0.3) is 5.82 Å². The monoisotopic (exact) mass is 294 g/mol. The maximum Gasteiger partial charge on any atom is 0.378 e. The molecule has 2 N–H and O–H groups in total. The van der Waals surface area contributed by atoms with E-state index in [9.17, 15) is 9.59 Å². The predicted octanol–water partition coefficient (Wildman–Crippen LogP) is 1.76. The summed E-state index contributed by atoms with van der Waals surface area (Å²) in [6, 6.07) is -0.374. The van der Waals surface area contributed by atoms with Gasteiger partial charge in [0.1, 0.15) is 5.82 Å². The van der Waals surface area contributed by atoms with Crippen LogP contribution >= 0.6 is 0 Å². The topological polar surface area (TPSA) is 97.0 Å². The highest BCUT2D eigenvalue weighted by atomic mass is 16.5. The fourth-order valence-corrected chi connectivity index (χ4v) is 1.79. The predicted molar refractivity (Wildman–Crippen MR) is 77.5 cm³/mol. The molecule has 0 fully saturated rings. The summed E-state index contributed by atoms with van der Waals surface area (Å²) in [5, 5.41) is 9.24. The molecule has 2 unspecified atom stereocenters. The molecule has 21 heavy (non-hydrogen) atoms. The molecular weight excluding hydrogens is 272 g/mol. The minimum absolute atomic E-state index is 0.0390. The molecule has 0 bridgehead atoms. The van der Waals surface area contributed by atoms with Gasteiger partial charge < -0.3 is 10.1 Å². The van der Waals surface area contributed by atoms with Crippen LogP contribution in [0.1, 0.15) is 56.6 Å². The van der Waals surface area contributed by atoms with Crippen LogP contribution in [0.15, 0.2) is 12.2 Å². The fourth-order valence-electron chi connectivity index (χ4n) is 1.79. The Hall–Kier alpha value is -2.18. The summed E-state index contributed by atoms with van der Waals surface area (Å²) in [7, 11) is 0. The summed E-state index contributed by atoms with van der Waals surface area (Å²) in [5.41, 5.74) is 0.953. The van der Waals surface area contributed by atoms with Crippen molar-refractivity contribution in [3.63, 3.8) is 0 Å². The molecule has 1 aromatic heterocycles. The minimum Gasteiger partial charge on any atom is -0.460 e. The second-order valence-corrected chi connectivity index (χ2v) is 5.06. The number of aromatic amines is 1. The second-order valence-electron chi connectivity index (χ2n) is 5.06. The summed E-state index contributed by atoms with van der Waals surface area (Å²) in [6.45, 7) is 11.2. The van der Waals surface area contributed by atoms with E-state index in [1.807, 2.05) is 13.8 Å². The van der Waals surface area contributed by atoms with E-state index in [-0.39, 0.29) is 30.3 Å². The Kier molecular flexibility index (Phi) is 6.08. The first-order valence-electron chi connectivity index (χ1n) is 6.89. The van der Waals surface area contributed by atoms with Crippen molar-refractivity contribution >= 4 is 11.9 Å². The Morgan fingerprint density at radius 2 is 2.10 bits per heavy atom. The fraction of sp³-hybridized carbons (Fsp3) is 0.571. The molecule has 0 radical (unpaired) electrons. The van der Waals surface area contributed by atoms with E-state index < -0.39 is 5.97 Å². The number of H-pyrrole nitrogens is 1. The number of carbonyl (C=O) groups excluding carboxylic acids is 2. The van der Waals surface area contributed by atoms with Crippen molar-refractivity contribution in [2.75, 3.05) is 6.61 Å². The van der Waals surface area contributed by atoms with E-state index in [2.05, 4.69) is 27.1 Å². The minimum atomic E-state index is -0.589. The first-order chi connectivity index (χ1) is 9.85. The SMILES string of the molecule is C=C(C)CC(C)C(=O)NC(C)c1nc(C(=O)OCC)n[nH]1. The summed E-state index contributed by atoms with van der Waals surface area (Å²) >= 11 is 0. The number of esters is 1. The van der Waals surface area contributed by atoms with Crippen LogP contribution in [-0.2, 0) is 9.53 Å². The molecule has 1 aromatic rings. The molecule has 2 atom stereocenters. The largest absolute Gasteiger partial charge is 0.460 e. The van der Waals surface area contributed by atoms with Crippen molar-refractivity contribution in [1.82, 2.24) is 20.5 Å². The lowest BCUT2D eigenvalue weighted by molar-refractivity contribution is -0.125. The zero-order valence-corrected chi connectivity index (χ0v) is 12.9. The maximum absolute atomic E-state index is 12.0. The zero-order valence-electron chi connectivity index (χ0n) is 12.9. The van der Waals surface area contributed by atoms with Gasteiger partial charge in [0.2, 0.25) is 5.91 Å². The Morgan fingerprint density at radius 1 is 1.43 bits per heavy atom. The van der Waals surface area contributed by atoms with Crippen molar-refractivity contribution in [2.24, 2.45) is 5.92 Å². The maximum atomic E-state index is 12.0. The highest BCUT2D eigenvalue weighted by Gasteiger charge is 2.20. The number of hydrogen-bond acceptors (Lipinski definition) is 5. The Morgan fingerprint density at radius 3 is 2.67 bits per heavy atom. The Bertz CT molecular complexity index is 524. The summed E-state index contributed by atoms with van der Waals surface area (Å²) < 4.78 is 4.80. The van der Waals surface area contributed by atoms with Crippen molar-refractivity contribution < 1.29 is 14.3 Å². The molecule has 7 heteroatoms. The van der Waals surface area contributed by atoms with Gasteiger partial charge in [-0.15, -0.1) is 11.7 Å². The van der Waals surface area contributed by atoms with Crippen molar-refractivity contribution in [3.05, 3.63) is 23.8 Å². The molecule has 0 saturated carbocycles. The van der Waals surface area contributed by atoms with Crippen LogP contribution in [0.5, 0.6) is 0 Å². The van der Waals surface area contributed by atoms with Gasteiger partial charge >= 0.3 is 5.97 Å². The number of hydrogen-bond donors (Lipinski definition) is 2. The Balaban J connectivity index is 2.63. The van der Waals surface area contributed by atoms with E-state index in [1.165, 1.54) is 0 Å². The van der Waals surface area contributed by atoms with Crippen LogP contribution in [0.3, 0.4) is 0 Å². The van der Waals surface area contributed by atoms with Crippen LogP contribution in [0.2, 0.25) is 0 Å². The number of aromatic nitrogens is 3. The number of rotatable bonds is 7. The standard InChI is InChI=1S/C14H22N4O3/c1-6-21-14(20)12-16-11(17-18-12)10(5)15-13(19)9(4)7-8(2)3/h9-10H,2,6-7H2,1,3-5H3,(H,15,19)(H,16,17,18). The van der Waals surface area contributed by atoms with E-state index in [1.54, 1.807) is 13.8 Å². The van der Waals surface area contributed by atoms with Crippen LogP contribution in [0.25, 0.3) is 0 Å². The lowest BCUT2D eigenvalue weighted by Crippen LogP contribution is -2.32. The van der Waals surface area contributed by atoms with Gasteiger partial charge in [0, 0.05) is 5.92 Å². The average Bonchev–Trinajstić information content (AvgIpc) is 2.87. The molecule has 1 heterocycles. The zero-order chi connectivity index (χ0) is 16.0. The molecule has 0 aliphatic heterocycles. The van der Waals surface area contributed by atoms with E-state index in [0.717, 1.165) is 5.57 Å². The first-order valence-corrected chi connectivity index (χ1v) is 6.89. The van der Waals surface area contributed by atoms with E-state index in [4.69, 9.17) is 4.74 Å². The summed E-state index contributed by atoms with van der Waals surface area (Å²) in [4.78, 5) is 27.5. The van der Waals surface area contributed by atoms with Gasteiger partial charge in [-0.25, -0.2) is 9.78 Å². The highest BCUT2D eigenvalue weighted by Crippen LogP contribution is 2.12. The lowest BCUT2D eigenvalue weighted by atomic mass is 10.0. The quantitative estimate of drug-likeness (QED) is 0.590. The third-order valence-electron chi connectivity index (χ3n) is 2.83. The molecule has 1 rings (SSSR count). The smallest absolute Gasteiger partial charge is 0.378 e. The van der Waals surface area contributed by atoms with Gasteiger partial charge in [0.15, 0.2) is 0 Å². The third kappa shape index (κ3) is 5.02. The Labute approximate surface area is 124 Å². The number of ether oxygens (including phenoxy) is 1. The number of nitrogens with one attached hydrogen (secondary N) is 2. The highest BCUT2D eigenvalue weighted by molar-refractivity contribution is 5.85. The van der Waals surface area contributed by atoms with Crippen molar-refractivity contribution in [1.29, 1.82) is 0 Å². The molecule has 0 aliphatic rings. The van der Waals surface area contributed by atoms with Crippen LogP contribution in [0, 0.1) is 5.92 Å². The van der Waals surface area contributed by atoms with Crippen molar-refractivity contribution in [3.8, 4) is 0 Å². The molecule has 116 valence electrons. The lowest BCUT2D eigenvalue weighted by Gasteiger charge is -2.15. The molecule has 1 amide bonds. The number of carbonyl (C=O) groups is 2.